The average molecular weight is 320 g/mol. The highest BCUT2D eigenvalue weighted by Crippen LogP contribution is 2.38. The number of hydrogen-bond acceptors (Lipinski definition) is 6. The van der Waals surface area contributed by atoms with E-state index in [-0.39, 0.29) is 22.9 Å². The topological polar surface area (TPSA) is 104 Å². The minimum atomic E-state index is -0.601. The molecule has 0 unspecified atom stereocenters. The highest BCUT2D eigenvalue weighted by atomic mass is 16.6. The van der Waals surface area contributed by atoms with E-state index in [0.717, 1.165) is 0 Å². The molecule has 0 aliphatic carbocycles. The Kier molecular flexibility index (Phi) is 5.19. The lowest BCUT2D eigenvalue weighted by Crippen LogP contribution is -2.13. The molecule has 0 radical (unpaired) electrons. The van der Waals surface area contributed by atoms with Gasteiger partial charge in [0.25, 0.3) is 11.6 Å². The molecular formula is C15H16N2O6. The summed E-state index contributed by atoms with van der Waals surface area (Å²) >= 11 is 0. The van der Waals surface area contributed by atoms with Gasteiger partial charge in [0.05, 0.1) is 30.5 Å². The average Bonchev–Trinajstić information content (AvgIpc) is 3.04. The molecule has 122 valence electrons. The van der Waals surface area contributed by atoms with Gasteiger partial charge in [-0.15, -0.1) is 0 Å². The molecule has 1 N–H and O–H groups in total. The lowest BCUT2D eigenvalue weighted by atomic mass is 10.2. The molecule has 1 amide bonds. The molecule has 23 heavy (non-hydrogen) atoms. The number of nitro benzene ring substituents is 1. The zero-order chi connectivity index (χ0) is 16.8. The van der Waals surface area contributed by atoms with Crippen LogP contribution in [0.25, 0.3) is 0 Å². The van der Waals surface area contributed by atoms with Crippen molar-refractivity contribution >= 4 is 17.3 Å². The lowest BCUT2D eigenvalue weighted by Gasteiger charge is -2.13. The third-order valence-electron chi connectivity index (χ3n) is 2.85. The van der Waals surface area contributed by atoms with Crippen LogP contribution in [0.1, 0.15) is 24.4 Å². The summed E-state index contributed by atoms with van der Waals surface area (Å²) in [4.78, 5) is 22.7. The van der Waals surface area contributed by atoms with Gasteiger partial charge in [-0.25, -0.2) is 0 Å². The number of hydrogen-bond donors (Lipinski definition) is 1. The first-order valence-electron chi connectivity index (χ1n) is 6.99. The molecule has 0 atom stereocenters. The van der Waals surface area contributed by atoms with Crippen LogP contribution in [0.3, 0.4) is 0 Å². The fraction of sp³-hybridized carbons (Fsp3) is 0.267. The summed E-state index contributed by atoms with van der Waals surface area (Å²) < 4.78 is 15.7. The predicted molar refractivity (Wildman–Crippen MR) is 82.1 cm³/mol. The molecule has 8 heteroatoms. The van der Waals surface area contributed by atoms with E-state index in [1.54, 1.807) is 19.9 Å². The lowest BCUT2D eigenvalue weighted by molar-refractivity contribution is -0.384. The summed E-state index contributed by atoms with van der Waals surface area (Å²) in [6.45, 7) is 4.21. The van der Waals surface area contributed by atoms with E-state index in [0.29, 0.717) is 19.0 Å². The zero-order valence-corrected chi connectivity index (χ0v) is 12.7. The van der Waals surface area contributed by atoms with Crippen LogP contribution < -0.4 is 14.8 Å². The Hall–Kier alpha value is -3.03. The molecule has 2 aromatic rings. The van der Waals surface area contributed by atoms with Crippen molar-refractivity contribution in [2.75, 3.05) is 18.5 Å². The van der Waals surface area contributed by atoms with Gasteiger partial charge in [-0.2, -0.15) is 0 Å². The van der Waals surface area contributed by atoms with E-state index in [2.05, 4.69) is 5.32 Å². The van der Waals surface area contributed by atoms with Crippen molar-refractivity contribution in [3.63, 3.8) is 0 Å². The van der Waals surface area contributed by atoms with Crippen molar-refractivity contribution in [1.29, 1.82) is 0 Å². The standard InChI is InChI=1S/C15H16N2O6/c1-3-21-13-8-10(16-15(18)12-6-5-7-23-12)11(17(19)20)9-14(13)22-4-2/h5-9H,3-4H2,1-2H3,(H,16,18). The van der Waals surface area contributed by atoms with Crippen molar-refractivity contribution < 1.29 is 23.6 Å². The smallest absolute Gasteiger partial charge is 0.296 e. The molecule has 0 bridgehead atoms. The summed E-state index contributed by atoms with van der Waals surface area (Å²) in [5, 5.41) is 13.7. The zero-order valence-electron chi connectivity index (χ0n) is 12.7. The number of ether oxygens (including phenoxy) is 2. The van der Waals surface area contributed by atoms with E-state index >= 15 is 0 Å². The Morgan fingerprint density at radius 3 is 2.43 bits per heavy atom. The van der Waals surface area contributed by atoms with Gasteiger partial charge < -0.3 is 19.2 Å². The van der Waals surface area contributed by atoms with Gasteiger partial charge in [0.1, 0.15) is 5.69 Å². The fourth-order valence-corrected chi connectivity index (χ4v) is 1.93. The first-order valence-corrected chi connectivity index (χ1v) is 6.99. The monoisotopic (exact) mass is 320 g/mol. The molecule has 0 saturated heterocycles. The van der Waals surface area contributed by atoms with Gasteiger partial charge in [-0.3, -0.25) is 14.9 Å². The quantitative estimate of drug-likeness (QED) is 0.620. The number of furan rings is 1. The molecule has 0 aliphatic rings. The molecule has 1 heterocycles. The molecule has 2 rings (SSSR count). The van der Waals surface area contributed by atoms with Crippen molar-refractivity contribution in [3.8, 4) is 11.5 Å². The molecular weight excluding hydrogens is 304 g/mol. The van der Waals surface area contributed by atoms with Crippen LogP contribution in [-0.2, 0) is 0 Å². The van der Waals surface area contributed by atoms with Gasteiger partial charge in [0, 0.05) is 6.07 Å². The molecule has 8 nitrogen and oxygen atoms in total. The molecule has 0 spiro atoms. The Labute approximate surface area is 132 Å². The molecule has 0 aliphatic heterocycles. The summed E-state index contributed by atoms with van der Waals surface area (Å²) in [5.41, 5.74) is -0.292. The maximum Gasteiger partial charge on any atom is 0.296 e. The minimum absolute atomic E-state index is 0.00306. The highest BCUT2D eigenvalue weighted by molar-refractivity contribution is 6.03. The number of nitro groups is 1. The predicted octanol–water partition coefficient (Wildman–Crippen LogP) is 3.24. The maximum absolute atomic E-state index is 12.0. The van der Waals surface area contributed by atoms with Crippen molar-refractivity contribution in [2.24, 2.45) is 0 Å². The maximum atomic E-state index is 12.0. The number of rotatable bonds is 7. The Morgan fingerprint density at radius 1 is 1.26 bits per heavy atom. The van der Waals surface area contributed by atoms with Gasteiger partial charge in [0.2, 0.25) is 0 Å². The summed E-state index contributed by atoms with van der Waals surface area (Å²) in [7, 11) is 0. The Balaban J connectivity index is 2.41. The number of benzene rings is 1. The van der Waals surface area contributed by atoms with Gasteiger partial charge >= 0.3 is 0 Å². The number of anilines is 1. The van der Waals surface area contributed by atoms with Crippen molar-refractivity contribution in [3.05, 3.63) is 46.4 Å². The second-order valence-electron chi connectivity index (χ2n) is 4.37. The summed E-state index contributed by atoms with van der Waals surface area (Å²) in [6, 6.07) is 5.60. The van der Waals surface area contributed by atoms with E-state index in [9.17, 15) is 14.9 Å². The first kappa shape index (κ1) is 16.3. The fourth-order valence-electron chi connectivity index (χ4n) is 1.93. The first-order chi connectivity index (χ1) is 11.1. The van der Waals surface area contributed by atoms with Crippen molar-refractivity contribution in [1.82, 2.24) is 0 Å². The third-order valence-corrected chi connectivity index (χ3v) is 2.85. The normalized spacial score (nSPS) is 10.2. The number of amides is 1. The third kappa shape index (κ3) is 3.79. The number of nitrogens with one attached hydrogen (secondary N) is 1. The van der Waals surface area contributed by atoms with Crippen LogP contribution in [0.2, 0.25) is 0 Å². The largest absolute Gasteiger partial charge is 0.490 e. The number of carbonyl (C=O) groups is 1. The highest BCUT2D eigenvalue weighted by Gasteiger charge is 2.22. The van der Waals surface area contributed by atoms with E-state index in [1.165, 1.54) is 24.5 Å². The van der Waals surface area contributed by atoms with Crippen LogP contribution in [0.15, 0.2) is 34.9 Å². The SMILES string of the molecule is CCOc1cc(NC(=O)c2ccco2)c([N+](=O)[O-])cc1OCC. The molecule has 0 saturated carbocycles. The van der Waals surface area contributed by atoms with E-state index < -0.39 is 10.8 Å². The van der Waals surface area contributed by atoms with Gasteiger partial charge in [0.15, 0.2) is 17.3 Å². The van der Waals surface area contributed by atoms with Gasteiger partial charge in [-0.1, -0.05) is 0 Å². The van der Waals surface area contributed by atoms with Crippen LogP contribution in [0.4, 0.5) is 11.4 Å². The molecule has 1 aromatic heterocycles. The van der Waals surface area contributed by atoms with Gasteiger partial charge in [-0.05, 0) is 26.0 Å². The van der Waals surface area contributed by atoms with E-state index in [1.807, 2.05) is 0 Å². The van der Waals surface area contributed by atoms with Crippen molar-refractivity contribution in [2.45, 2.75) is 13.8 Å². The van der Waals surface area contributed by atoms with Crippen LogP contribution >= 0.6 is 0 Å². The minimum Gasteiger partial charge on any atom is -0.490 e. The van der Waals surface area contributed by atoms with Crippen LogP contribution in [0, 0.1) is 10.1 Å². The van der Waals surface area contributed by atoms with E-state index in [4.69, 9.17) is 13.9 Å². The summed E-state index contributed by atoms with van der Waals surface area (Å²) in [6.07, 6.45) is 1.34. The Bertz CT molecular complexity index is 696. The second kappa shape index (κ2) is 7.30. The molecule has 1 aromatic carbocycles. The second-order valence-corrected chi connectivity index (χ2v) is 4.37. The number of nitrogens with zero attached hydrogens (tertiary/aromatic N) is 1. The molecule has 0 fully saturated rings. The summed E-state index contributed by atoms with van der Waals surface area (Å²) in [5.74, 6) is 0.0163. The van der Waals surface area contributed by atoms with Crippen LogP contribution in [0.5, 0.6) is 11.5 Å². The Morgan fingerprint density at radius 2 is 1.91 bits per heavy atom. The number of carbonyl (C=O) groups excluding carboxylic acids is 1. The van der Waals surface area contributed by atoms with Crippen LogP contribution in [-0.4, -0.2) is 24.0 Å².